The number of alkyl halides is 2. The quantitative estimate of drug-likeness (QED) is 0.441. The van der Waals surface area contributed by atoms with Crippen LogP contribution in [0.4, 0.5) is 8.78 Å². The largest absolute Gasteiger partial charge is 0.461 e. The average molecular weight is 344 g/mol. The van der Waals surface area contributed by atoms with Crippen molar-refractivity contribution < 1.29 is 23.1 Å². The highest BCUT2D eigenvalue weighted by Crippen LogP contribution is 2.28. The normalized spacial score (nSPS) is 11.9. The van der Waals surface area contributed by atoms with Gasteiger partial charge in [0.1, 0.15) is 0 Å². The van der Waals surface area contributed by atoms with E-state index in [1.54, 1.807) is 49.4 Å². The van der Waals surface area contributed by atoms with E-state index >= 15 is 0 Å². The van der Waals surface area contributed by atoms with Crippen molar-refractivity contribution in [2.75, 3.05) is 6.61 Å². The summed E-state index contributed by atoms with van der Waals surface area (Å²) in [4.78, 5) is 24.3. The molecule has 0 fully saturated rings. The van der Waals surface area contributed by atoms with E-state index in [0.29, 0.717) is 11.6 Å². The molecule has 130 valence electrons. The molecule has 0 aliphatic heterocycles. The molecule has 0 aromatic heterocycles. The second kappa shape index (κ2) is 7.83. The van der Waals surface area contributed by atoms with E-state index in [4.69, 9.17) is 0 Å². The number of Topliss-reactive ketones (excluding diaryl/α,β-unsaturated/α-hetero) is 1. The van der Waals surface area contributed by atoms with Gasteiger partial charge in [0, 0.05) is 17.2 Å². The number of benzene rings is 2. The van der Waals surface area contributed by atoms with Crippen molar-refractivity contribution >= 4 is 17.3 Å². The fourth-order valence-corrected chi connectivity index (χ4v) is 2.31. The number of ketones is 1. The van der Waals surface area contributed by atoms with Crippen molar-refractivity contribution in [1.29, 1.82) is 0 Å². The van der Waals surface area contributed by atoms with E-state index in [-0.39, 0.29) is 17.7 Å². The molecule has 0 spiro atoms. The summed E-state index contributed by atoms with van der Waals surface area (Å²) < 4.78 is 32.8. The maximum absolute atomic E-state index is 14.2. The number of allylic oxidation sites excluding steroid dienone is 1. The molecule has 0 unspecified atom stereocenters. The molecule has 2 aromatic rings. The number of esters is 1. The summed E-state index contributed by atoms with van der Waals surface area (Å²) in [5, 5.41) is 0. The highest BCUT2D eigenvalue weighted by molar-refractivity contribution is 6.29. The Morgan fingerprint density at radius 2 is 1.68 bits per heavy atom. The number of hydrogen-bond donors (Lipinski definition) is 0. The molecule has 3 nitrogen and oxygen atoms in total. The number of carbonyl (C=O) groups is 2. The topological polar surface area (TPSA) is 43.4 Å². The molecule has 2 rings (SSSR count). The van der Waals surface area contributed by atoms with E-state index in [1.807, 2.05) is 0 Å². The Morgan fingerprint density at radius 1 is 1.04 bits per heavy atom. The van der Waals surface area contributed by atoms with Crippen LogP contribution in [-0.4, -0.2) is 24.3 Å². The SMILES string of the molecule is CCOC(=O)C(F)(F)/C=C(/C(=O)c1ccccc1)c1cccc(C)c1. The molecule has 0 atom stereocenters. The van der Waals surface area contributed by atoms with Crippen LogP contribution in [0, 0.1) is 6.92 Å². The van der Waals surface area contributed by atoms with Gasteiger partial charge in [-0.15, -0.1) is 0 Å². The predicted octanol–water partition coefficient (Wildman–Crippen LogP) is 4.46. The zero-order chi connectivity index (χ0) is 18.4. The van der Waals surface area contributed by atoms with Crippen molar-refractivity contribution in [2.45, 2.75) is 19.8 Å². The van der Waals surface area contributed by atoms with E-state index in [2.05, 4.69) is 4.74 Å². The number of rotatable bonds is 6. The standard InChI is InChI=1S/C20H18F2O3/c1-3-25-19(24)20(21,22)13-17(16-11-7-8-14(2)12-16)18(23)15-9-5-4-6-10-15/h4-13H,3H2,1-2H3/b17-13+. The van der Waals surface area contributed by atoms with Crippen molar-refractivity contribution in [3.63, 3.8) is 0 Å². The third-order valence-corrected chi connectivity index (χ3v) is 3.48. The first-order chi connectivity index (χ1) is 11.8. The maximum Gasteiger partial charge on any atom is 0.381 e. The van der Waals surface area contributed by atoms with Crippen molar-refractivity contribution in [3.8, 4) is 0 Å². The average Bonchev–Trinajstić information content (AvgIpc) is 2.60. The van der Waals surface area contributed by atoms with Gasteiger partial charge in [0.25, 0.3) is 0 Å². The summed E-state index contributed by atoms with van der Waals surface area (Å²) in [6.45, 7) is 3.06. The third-order valence-electron chi connectivity index (χ3n) is 3.48. The monoisotopic (exact) mass is 344 g/mol. The van der Waals surface area contributed by atoms with Gasteiger partial charge in [-0.2, -0.15) is 8.78 Å². The molecule has 0 amide bonds. The van der Waals surface area contributed by atoms with Crippen LogP contribution in [0.15, 0.2) is 60.7 Å². The molecule has 0 saturated carbocycles. The Bertz CT molecular complexity index is 796. The Morgan fingerprint density at radius 3 is 2.28 bits per heavy atom. The minimum atomic E-state index is -3.90. The Labute approximate surface area is 144 Å². The second-order valence-corrected chi connectivity index (χ2v) is 5.47. The lowest BCUT2D eigenvalue weighted by Crippen LogP contribution is -2.29. The van der Waals surface area contributed by atoms with Gasteiger partial charge in [-0.1, -0.05) is 60.2 Å². The van der Waals surface area contributed by atoms with Crippen LogP contribution in [0.25, 0.3) is 5.57 Å². The first-order valence-electron chi connectivity index (χ1n) is 7.80. The third kappa shape index (κ3) is 4.59. The Hall–Kier alpha value is -2.82. The van der Waals surface area contributed by atoms with E-state index in [9.17, 15) is 18.4 Å². The number of carbonyl (C=O) groups excluding carboxylic acids is 2. The number of hydrogen-bond acceptors (Lipinski definition) is 3. The van der Waals surface area contributed by atoms with Gasteiger partial charge in [0.05, 0.1) is 6.61 Å². The Balaban J connectivity index is 2.55. The van der Waals surface area contributed by atoms with Crippen LogP contribution >= 0.6 is 0 Å². The highest BCUT2D eigenvalue weighted by atomic mass is 19.3. The summed E-state index contributed by atoms with van der Waals surface area (Å²) in [7, 11) is 0. The molecule has 0 bridgehead atoms. The van der Waals surface area contributed by atoms with Crippen LogP contribution in [-0.2, 0) is 9.53 Å². The van der Waals surface area contributed by atoms with E-state index in [0.717, 1.165) is 5.56 Å². The second-order valence-electron chi connectivity index (χ2n) is 5.47. The number of aryl methyl sites for hydroxylation is 1. The molecule has 0 N–H and O–H groups in total. The smallest absolute Gasteiger partial charge is 0.381 e. The minimum Gasteiger partial charge on any atom is -0.461 e. The molecular weight excluding hydrogens is 326 g/mol. The lowest BCUT2D eigenvalue weighted by Gasteiger charge is -2.14. The van der Waals surface area contributed by atoms with Gasteiger partial charge >= 0.3 is 11.9 Å². The fourth-order valence-electron chi connectivity index (χ4n) is 2.31. The summed E-state index contributed by atoms with van der Waals surface area (Å²) in [5.41, 5.74) is 1.14. The summed E-state index contributed by atoms with van der Waals surface area (Å²) >= 11 is 0. The van der Waals surface area contributed by atoms with Gasteiger partial charge in [-0.3, -0.25) is 4.79 Å². The molecule has 0 saturated heterocycles. The summed E-state index contributed by atoms with van der Waals surface area (Å²) in [5.74, 6) is -6.17. The van der Waals surface area contributed by atoms with Crippen LogP contribution in [0.1, 0.15) is 28.4 Å². The predicted molar refractivity (Wildman–Crippen MR) is 91.5 cm³/mol. The first kappa shape index (κ1) is 18.5. The molecule has 2 aromatic carbocycles. The van der Waals surface area contributed by atoms with Gasteiger partial charge in [0.15, 0.2) is 5.78 Å². The van der Waals surface area contributed by atoms with Crippen molar-refractivity contribution in [1.82, 2.24) is 0 Å². The molecule has 25 heavy (non-hydrogen) atoms. The fraction of sp³-hybridized carbons (Fsp3) is 0.200. The molecule has 0 radical (unpaired) electrons. The van der Waals surface area contributed by atoms with Crippen LogP contribution < -0.4 is 0 Å². The summed E-state index contributed by atoms with van der Waals surface area (Å²) in [6.07, 6.45) is 0.384. The lowest BCUT2D eigenvalue weighted by atomic mass is 9.94. The molecule has 0 aliphatic rings. The van der Waals surface area contributed by atoms with E-state index in [1.165, 1.54) is 19.1 Å². The van der Waals surface area contributed by atoms with E-state index < -0.39 is 17.7 Å². The van der Waals surface area contributed by atoms with Gasteiger partial charge in [-0.05, 0) is 19.4 Å². The maximum atomic E-state index is 14.2. The highest BCUT2D eigenvalue weighted by Gasteiger charge is 2.39. The zero-order valence-corrected chi connectivity index (χ0v) is 14.0. The molecule has 5 heteroatoms. The molecule has 0 heterocycles. The molecule has 0 aliphatic carbocycles. The van der Waals surface area contributed by atoms with Gasteiger partial charge in [-0.25, -0.2) is 4.79 Å². The number of halogens is 2. The summed E-state index contributed by atoms with van der Waals surface area (Å²) in [6, 6.07) is 14.7. The van der Waals surface area contributed by atoms with Crippen LogP contribution in [0.2, 0.25) is 0 Å². The lowest BCUT2D eigenvalue weighted by molar-refractivity contribution is -0.164. The molecular formula is C20H18F2O3. The Kier molecular flexibility index (Phi) is 5.80. The minimum absolute atomic E-state index is 0.172. The zero-order valence-electron chi connectivity index (χ0n) is 14.0. The van der Waals surface area contributed by atoms with Crippen molar-refractivity contribution in [3.05, 3.63) is 77.4 Å². The first-order valence-corrected chi connectivity index (χ1v) is 7.80. The van der Waals surface area contributed by atoms with Crippen LogP contribution in [0.5, 0.6) is 0 Å². The van der Waals surface area contributed by atoms with Crippen LogP contribution in [0.3, 0.4) is 0 Å². The van der Waals surface area contributed by atoms with Gasteiger partial charge < -0.3 is 4.74 Å². The van der Waals surface area contributed by atoms with Gasteiger partial charge in [0.2, 0.25) is 0 Å². The number of ether oxygens (including phenoxy) is 1. The van der Waals surface area contributed by atoms with Crippen molar-refractivity contribution in [2.24, 2.45) is 0 Å².